The number of hydrogen-bond acceptors (Lipinski definition) is 3. The van der Waals surface area contributed by atoms with Crippen LogP contribution in [0.25, 0.3) is 0 Å². The van der Waals surface area contributed by atoms with Gasteiger partial charge in [-0.1, -0.05) is 24.3 Å². The molecule has 1 fully saturated rings. The van der Waals surface area contributed by atoms with Crippen LogP contribution >= 0.6 is 0 Å². The average molecular weight is 352 g/mol. The van der Waals surface area contributed by atoms with E-state index in [1.54, 1.807) is 4.90 Å². The monoisotopic (exact) mass is 352 g/mol. The summed E-state index contributed by atoms with van der Waals surface area (Å²) in [6.07, 6.45) is 2.43. The van der Waals surface area contributed by atoms with E-state index < -0.39 is 0 Å². The number of ether oxygens (including phenoxy) is 1. The molecule has 0 saturated carbocycles. The summed E-state index contributed by atoms with van der Waals surface area (Å²) in [6, 6.07) is 15.3. The summed E-state index contributed by atoms with van der Waals surface area (Å²) in [5.41, 5.74) is 2.61. The van der Waals surface area contributed by atoms with Crippen LogP contribution in [0.15, 0.2) is 48.5 Å². The van der Waals surface area contributed by atoms with Crippen LogP contribution in [0.5, 0.6) is 5.75 Å². The predicted molar refractivity (Wildman–Crippen MR) is 103 cm³/mol. The molecule has 0 aliphatic carbocycles. The van der Waals surface area contributed by atoms with Gasteiger partial charge in [0.05, 0.1) is 18.0 Å². The van der Waals surface area contributed by atoms with Gasteiger partial charge in [0.1, 0.15) is 5.75 Å². The molecule has 1 N–H and O–H groups in total. The first-order valence-electron chi connectivity index (χ1n) is 9.02. The van der Waals surface area contributed by atoms with E-state index in [4.69, 9.17) is 4.74 Å². The van der Waals surface area contributed by atoms with Gasteiger partial charge in [0.25, 0.3) is 0 Å². The third-order valence-electron chi connectivity index (χ3n) is 4.35. The average Bonchev–Trinajstić information content (AvgIpc) is 3.05. The maximum atomic E-state index is 12.3. The molecule has 2 aromatic carbocycles. The number of benzene rings is 2. The van der Waals surface area contributed by atoms with Crippen LogP contribution in [0.1, 0.15) is 31.2 Å². The molecule has 1 aliphatic rings. The van der Waals surface area contributed by atoms with E-state index in [2.05, 4.69) is 5.32 Å². The Morgan fingerprint density at radius 3 is 2.81 bits per heavy atom. The zero-order chi connectivity index (χ0) is 18.4. The fourth-order valence-electron chi connectivity index (χ4n) is 3.06. The summed E-state index contributed by atoms with van der Waals surface area (Å²) >= 11 is 0. The van der Waals surface area contributed by atoms with Gasteiger partial charge in [-0.25, -0.2) is 0 Å². The van der Waals surface area contributed by atoms with Gasteiger partial charge in [-0.2, -0.15) is 0 Å². The topological polar surface area (TPSA) is 58.6 Å². The molecule has 1 aliphatic heterocycles. The number of hydrogen-bond donors (Lipinski definition) is 1. The lowest BCUT2D eigenvalue weighted by Crippen LogP contribution is -2.25. The molecular formula is C21H24N2O3. The smallest absolute Gasteiger partial charge is 0.227 e. The third kappa shape index (κ3) is 4.63. The second-order valence-corrected chi connectivity index (χ2v) is 6.48. The Hall–Kier alpha value is -2.82. The van der Waals surface area contributed by atoms with E-state index in [-0.39, 0.29) is 11.8 Å². The van der Waals surface area contributed by atoms with Crippen molar-refractivity contribution in [2.75, 3.05) is 23.4 Å². The number of nitrogens with zero attached hydrogens (tertiary/aromatic N) is 1. The Kier molecular flexibility index (Phi) is 5.89. The number of amides is 2. The largest absolute Gasteiger partial charge is 0.494 e. The highest BCUT2D eigenvalue weighted by Crippen LogP contribution is 2.29. The molecule has 3 rings (SSSR count). The van der Waals surface area contributed by atoms with E-state index in [1.165, 1.54) is 0 Å². The van der Waals surface area contributed by atoms with Gasteiger partial charge >= 0.3 is 0 Å². The first kappa shape index (κ1) is 18.0. The molecule has 2 amide bonds. The minimum Gasteiger partial charge on any atom is -0.494 e. The molecule has 0 atom stereocenters. The van der Waals surface area contributed by atoms with Crippen molar-refractivity contribution in [3.8, 4) is 5.75 Å². The Labute approximate surface area is 154 Å². The van der Waals surface area contributed by atoms with Crippen LogP contribution in [0.3, 0.4) is 0 Å². The van der Waals surface area contributed by atoms with Crippen LogP contribution in [0.2, 0.25) is 0 Å². The molecule has 136 valence electrons. The fraction of sp³-hybridized carbons (Fsp3) is 0.333. The van der Waals surface area contributed by atoms with Crippen molar-refractivity contribution in [2.45, 2.75) is 32.6 Å². The highest BCUT2D eigenvalue weighted by Gasteiger charge is 2.24. The van der Waals surface area contributed by atoms with Crippen molar-refractivity contribution in [3.05, 3.63) is 54.1 Å². The summed E-state index contributed by atoms with van der Waals surface area (Å²) in [5.74, 6) is 0.860. The van der Waals surface area contributed by atoms with Crippen LogP contribution in [0, 0.1) is 6.92 Å². The molecule has 0 unspecified atom stereocenters. The Morgan fingerprint density at radius 2 is 2.04 bits per heavy atom. The van der Waals surface area contributed by atoms with Crippen molar-refractivity contribution in [2.24, 2.45) is 0 Å². The molecule has 5 nitrogen and oxygen atoms in total. The summed E-state index contributed by atoms with van der Waals surface area (Å²) < 4.78 is 5.67. The van der Waals surface area contributed by atoms with E-state index >= 15 is 0 Å². The quantitative estimate of drug-likeness (QED) is 0.769. The lowest BCUT2D eigenvalue weighted by atomic mass is 10.2. The van der Waals surface area contributed by atoms with E-state index in [9.17, 15) is 9.59 Å². The van der Waals surface area contributed by atoms with Crippen LogP contribution in [0.4, 0.5) is 11.4 Å². The summed E-state index contributed by atoms with van der Waals surface area (Å²) in [4.78, 5) is 26.0. The van der Waals surface area contributed by atoms with Crippen molar-refractivity contribution in [3.63, 3.8) is 0 Å². The van der Waals surface area contributed by atoms with E-state index in [0.717, 1.165) is 23.4 Å². The zero-order valence-corrected chi connectivity index (χ0v) is 15.0. The maximum Gasteiger partial charge on any atom is 0.227 e. The molecular weight excluding hydrogens is 328 g/mol. The van der Waals surface area contributed by atoms with Gasteiger partial charge in [0.2, 0.25) is 11.8 Å². The van der Waals surface area contributed by atoms with Crippen molar-refractivity contribution in [1.29, 1.82) is 0 Å². The molecule has 0 radical (unpaired) electrons. The number of rotatable bonds is 7. The van der Waals surface area contributed by atoms with Gasteiger partial charge < -0.3 is 15.0 Å². The Morgan fingerprint density at radius 1 is 1.19 bits per heavy atom. The summed E-state index contributed by atoms with van der Waals surface area (Å²) in [5, 5.41) is 2.93. The lowest BCUT2D eigenvalue weighted by Gasteiger charge is -2.20. The van der Waals surface area contributed by atoms with Gasteiger partial charge in [0.15, 0.2) is 0 Å². The second kappa shape index (κ2) is 8.52. The SMILES string of the molecule is Cc1cccc(OCCCC(=O)Nc2ccccc2N2CCCC2=O)c1. The number of aryl methyl sites for hydroxylation is 1. The van der Waals surface area contributed by atoms with Crippen LogP contribution < -0.4 is 15.0 Å². The first-order valence-corrected chi connectivity index (χ1v) is 9.02. The normalized spacial score (nSPS) is 13.7. The van der Waals surface area contributed by atoms with Gasteiger partial charge in [-0.05, 0) is 49.6 Å². The van der Waals surface area contributed by atoms with Crippen molar-refractivity contribution < 1.29 is 14.3 Å². The highest BCUT2D eigenvalue weighted by atomic mass is 16.5. The molecule has 1 saturated heterocycles. The van der Waals surface area contributed by atoms with Crippen molar-refractivity contribution >= 4 is 23.2 Å². The summed E-state index contributed by atoms with van der Waals surface area (Å²) in [6.45, 7) is 3.21. The highest BCUT2D eigenvalue weighted by molar-refractivity contribution is 6.02. The molecule has 1 heterocycles. The van der Waals surface area contributed by atoms with E-state index in [1.807, 2.05) is 55.5 Å². The molecule has 0 spiro atoms. The predicted octanol–water partition coefficient (Wildman–Crippen LogP) is 3.92. The molecule has 26 heavy (non-hydrogen) atoms. The number of para-hydroxylation sites is 2. The van der Waals surface area contributed by atoms with Gasteiger partial charge in [0, 0.05) is 19.4 Å². The maximum absolute atomic E-state index is 12.3. The lowest BCUT2D eigenvalue weighted by molar-refractivity contribution is -0.117. The minimum atomic E-state index is -0.0723. The third-order valence-corrected chi connectivity index (χ3v) is 4.35. The number of anilines is 2. The van der Waals surface area contributed by atoms with Gasteiger partial charge in [-0.3, -0.25) is 9.59 Å². The number of nitrogens with one attached hydrogen (secondary N) is 1. The van der Waals surface area contributed by atoms with Crippen LogP contribution in [-0.4, -0.2) is 25.0 Å². The number of carbonyl (C=O) groups excluding carboxylic acids is 2. The Balaban J connectivity index is 1.50. The standard InChI is InChI=1S/C21H24N2O3/c1-16-7-4-8-17(15-16)26-14-6-11-20(24)22-18-9-2-3-10-19(18)23-13-5-12-21(23)25/h2-4,7-10,15H,5-6,11-14H2,1H3,(H,22,24). The second-order valence-electron chi connectivity index (χ2n) is 6.48. The first-order chi connectivity index (χ1) is 12.6. The summed E-state index contributed by atoms with van der Waals surface area (Å²) in [7, 11) is 0. The number of carbonyl (C=O) groups is 2. The van der Waals surface area contributed by atoms with Crippen molar-refractivity contribution in [1.82, 2.24) is 0 Å². The fourth-order valence-corrected chi connectivity index (χ4v) is 3.06. The van der Waals surface area contributed by atoms with Crippen LogP contribution in [-0.2, 0) is 9.59 Å². The molecule has 0 bridgehead atoms. The molecule has 2 aromatic rings. The Bertz CT molecular complexity index is 788. The molecule has 0 aromatic heterocycles. The zero-order valence-electron chi connectivity index (χ0n) is 15.0. The molecule has 5 heteroatoms. The van der Waals surface area contributed by atoms with Gasteiger partial charge in [-0.15, -0.1) is 0 Å². The van der Waals surface area contributed by atoms with E-state index in [0.29, 0.717) is 38.1 Å². The minimum absolute atomic E-state index is 0.0723.